The van der Waals surface area contributed by atoms with Crippen molar-refractivity contribution in [2.75, 3.05) is 0 Å². The molecule has 0 nitrogen and oxygen atoms in total. The number of hydrogen-bond acceptors (Lipinski definition) is 0. The molecule has 0 heterocycles. The van der Waals surface area contributed by atoms with Crippen LogP contribution in [0.2, 0.25) is 0 Å². The van der Waals surface area contributed by atoms with Gasteiger partial charge in [-0.05, 0) is 19.3 Å². The van der Waals surface area contributed by atoms with Gasteiger partial charge in [0.25, 0.3) is 0 Å². The van der Waals surface area contributed by atoms with Crippen molar-refractivity contribution in [3.63, 3.8) is 0 Å². The van der Waals surface area contributed by atoms with E-state index in [1.807, 2.05) is 36.4 Å². The molecule has 14 heavy (non-hydrogen) atoms. The van der Waals surface area contributed by atoms with Gasteiger partial charge in [-0.15, -0.1) is 0 Å². The van der Waals surface area contributed by atoms with E-state index in [0.717, 1.165) is 0 Å². The Morgan fingerprint density at radius 3 is 1.71 bits per heavy atom. The van der Waals surface area contributed by atoms with Crippen molar-refractivity contribution in [3.05, 3.63) is 67.1 Å². The first-order chi connectivity index (χ1) is 6.50. The molecule has 1 aliphatic carbocycles. The van der Waals surface area contributed by atoms with Crippen molar-refractivity contribution in [1.82, 2.24) is 0 Å². The summed E-state index contributed by atoms with van der Waals surface area (Å²) in [6.07, 6.45) is 13.0. The maximum absolute atomic E-state index is 2.18. The zero-order chi connectivity index (χ0) is 9.19. The maximum atomic E-state index is 2.18. The molecule has 74 valence electrons. The van der Waals surface area contributed by atoms with Gasteiger partial charge in [-0.1, -0.05) is 60.7 Å². The van der Waals surface area contributed by atoms with Crippen LogP contribution in [0, 0.1) is 6.42 Å². The van der Waals surface area contributed by atoms with Gasteiger partial charge < -0.3 is 0 Å². The second-order valence-electron chi connectivity index (χ2n) is 2.78. The number of allylic oxidation sites excluding steroid dienone is 4. The van der Waals surface area contributed by atoms with Gasteiger partial charge in [-0.25, -0.2) is 0 Å². The molecule has 1 aliphatic rings. The molecular weight excluding hydrogens is 342 g/mol. The summed E-state index contributed by atoms with van der Waals surface area (Å²) in [5, 5.41) is 0. The molecule has 0 unspecified atom stereocenters. The second-order valence-corrected chi connectivity index (χ2v) is 2.78. The Morgan fingerprint density at radius 2 is 1.14 bits per heavy atom. The van der Waals surface area contributed by atoms with E-state index in [-0.39, 0.29) is 20.4 Å². The van der Waals surface area contributed by atoms with E-state index < -0.39 is 0 Å². The fourth-order valence-electron chi connectivity index (χ4n) is 0.991. The van der Waals surface area contributed by atoms with Crippen molar-refractivity contribution in [3.8, 4) is 0 Å². The fraction of sp³-hybridized carbons (Fsp3) is 0.154. The Hall–Kier alpha value is -0.638. The van der Waals surface area contributed by atoms with E-state index in [2.05, 4.69) is 30.7 Å². The Kier molecular flexibility index (Phi) is 9.97. The van der Waals surface area contributed by atoms with E-state index in [0.29, 0.717) is 0 Å². The van der Waals surface area contributed by atoms with Crippen LogP contribution < -0.4 is 0 Å². The largest absolute Gasteiger partial charge is 0.0845 e. The summed E-state index contributed by atoms with van der Waals surface area (Å²) in [6, 6.07) is 12.0. The van der Waals surface area contributed by atoms with Crippen LogP contribution in [-0.4, -0.2) is 0 Å². The van der Waals surface area contributed by atoms with Crippen LogP contribution in [0.5, 0.6) is 0 Å². The number of rotatable bonds is 0. The average Bonchev–Trinajstić information content (AvgIpc) is 2.53. The quantitative estimate of drug-likeness (QED) is 0.663. The third-order valence-corrected chi connectivity index (χ3v) is 1.66. The second kappa shape index (κ2) is 10.4. The minimum absolute atomic E-state index is 0. The predicted molar refractivity (Wildman–Crippen MR) is 58.3 cm³/mol. The summed E-state index contributed by atoms with van der Waals surface area (Å²) in [6.45, 7) is 0. The van der Waals surface area contributed by atoms with Gasteiger partial charge in [0, 0.05) is 20.4 Å². The topological polar surface area (TPSA) is 0 Å². The maximum Gasteiger partial charge on any atom is 0 e. The van der Waals surface area contributed by atoms with E-state index in [9.17, 15) is 0 Å². The SMILES string of the molecule is [CH]1C=CC=CCC1.[Re].c1ccccc1. The third kappa shape index (κ3) is 7.98. The van der Waals surface area contributed by atoms with Crippen molar-refractivity contribution >= 4 is 0 Å². The van der Waals surface area contributed by atoms with E-state index in [4.69, 9.17) is 0 Å². The van der Waals surface area contributed by atoms with E-state index in [1.54, 1.807) is 0 Å². The molecule has 0 saturated carbocycles. The van der Waals surface area contributed by atoms with Crippen LogP contribution in [0.25, 0.3) is 0 Å². The summed E-state index contributed by atoms with van der Waals surface area (Å²) in [5.74, 6) is 0. The zero-order valence-electron chi connectivity index (χ0n) is 8.14. The van der Waals surface area contributed by atoms with Crippen LogP contribution >= 0.6 is 0 Å². The summed E-state index contributed by atoms with van der Waals surface area (Å²) < 4.78 is 0. The standard InChI is InChI=1S/C7H9.C6H6.Re/c1-2-4-6-7-5-3-1;1-2-4-6-5-3-1;/h1-5H,6-7H2;1-6H;. The molecule has 0 atom stereocenters. The normalized spacial score (nSPS) is 13.1. The molecule has 0 amide bonds. The van der Waals surface area contributed by atoms with Crippen LogP contribution in [0.1, 0.15) is 12.8 Å². The first-order valence-corrected chi connectivity index (χ1v) is 4.65. The summed E-state index contributed by atoms with van der Waals surface area (Å²) in [5.41, 5.74) is 0. The number of benzene rings is 1. The van der Waals surface area contributed by atoms with Gasteiger partial charge >= 0.3 is 0 Å². The molecule has 0 aromatic heterocycles. The molecule has 0 aliphatic heterocycles. The van der Waals surface area contributed by atoms with Gasteiger partial charge in [0.05, 0.1) is 0 Å². The fourth-order valence-corrected chi connectivity index (χ4v) is 0.991. The molecule has 0 fully saturated rings. The Labute approximate surface area is 100 Å². The molecule has 0 N–H and O–H groups in total. The Balaban J connectivity index is 0.000000227. The minimum Gasteiger partial charge on any atom is -0.0845 e. The first-order valence-electron chi connectivity index (χ1n) is 4.65. The molecule has 2 radical (unpaired) electrons. The smallest absolute Gasteiger partial charge is 0 e. The van der Waals surface area contributed by atoms with Gasteiger partial charge in [0.2, 0.25) is 0 Å². The molecular formula is C13H15Re. The third-order valence-electron chi connectivity index (χ3n) is 1.66. The van der Waals surface area contributed by atoms with Crippen LogP contribution in [0.15, 0.2) is 60.7 Å². The summed E-state index contributed by atoms with van der Waals surface area (Å²) in [4.78, 5) is 0. The minimum atomic E-state index is 0. The number of hydrogen-bond donors (Lipinski definition) is 0. The monoisotopic (exact) mass is 358 g/mol. The predicted octanol–water partition coefficient (Wildman–Crippen LogP) is 3.78. The molecule has 0 spiro atoms. The molecule has 1 heteroatoms. The molecule has 1 aromatic carbocycles. The Morgan fingerprint density at radius 1 is 0.571 bits per heavy atom. The first kappa shape index (κ1) is 13.4. The van der Waals surface area contributed by atoms with Crippen molar-refractivity contribution in [2.45, 2.75) is 12.8 Å². The van der Waals surface area contributed by atoms with Crippen molar-refractivity contribution < 1.29 is 20.4 Å². The van der Waals surface area contributed by atoms with E-state index >= 15 is 0 Å². The van der Waals surface area contributed by atoms with Crippen LogP contribution in [0.3, 0.4) is 0 Å². The van der Waals surface area contributed by atoms with Crippen molar-refractivity contribution in [1.29, 1.82) is 0 Å². The zero-order valence-corrected chi connectivity index (χ0v) is 10.9. The molecule has 1 aromatic rings. The van der Waals surface area contributed by atoms with Gasteiger partial charge in [-0.3, -0.25) is 0 Å². The average molecular weight is 357 g/mol. The molecule has 0 saturated heterocycles. The summed E-state index contributed by atoms with van der Waals surface area (Å²) >= 11 is 0. The molecule has 2 rings (SSSR count). The van der Waals surface area contributed by atoms with Gasteiger partial charge in [0.15, 0.2) is 0 Å². The summed E-state index contributed by atoms with van der Waals surface area (Å²) in [7, 11) is 0. The Bertz CT molecular complexity index is 210. The van der Waals surface area contributed by atoms with Crippen LogP contribution in [0.4, 0.5) is 0 Å². The van der Waals surface area contributed by atoms with Gasteiger partial charge in [-0.2, -0.15) is 0 Å². The molecule has 0 bridgehead atoms. The van der Waals surface area contributed by atoms with Gasteiger partial charge in [0.1, 0.15) is 0 Å². The van der Waals surface area contributed by atoms with Crippen LogP contribution in [-0.2, 0) is 20.4 Å². The van der Waals surface area contributed by atoms with E-state index in [1.165, 1.54) is 12.8 Å². The van der Waals surface area contributed by atoms with Crippen molar-refractivity contribution in [2.24, 2.45) is 0 Å².